The Morgan fingerprint density at radius 2 is 2.09 bits per heavy atom. The van der Waals surface area contributed by atoms with E-state index in [0.717, 1.165) is 0 Å². The molecule has 0 aromatic rings. The zero-order valence-electron chi connectivity index (χ0n) is 6.20. The summed E-state index contributed by atoms with van der Waals surface area (Å²) < 4.78 is 0. The molecule has 0 bridgehead atoms. The van der Waals surface area contributed by atoms with Gasteiger partial charge in [0.25, 0.3) is 0 Å². The van der Waals surface area contributed by atoms with Crippen molar-refractivity contribution in [3.8, 4) is 0 Å². The normalized spacial score (nSPS) is 12.5. The van der Waals surface area contributed by atoms with E-state index in [9.17, 15) is 9.59 Å². The number of carboxylic acids is 1. The average molecular weight is 161 g/mol. The molecule has 11 heavy (non-hydrogen) atoms. The van der Waals surface area contributed by atoms with Crippen LogP contribution in [0.2, 0.25) is 0 Å². The van der Waals surface area contributed by atoms with Crippen molar-refractivity contribution in [3.05, 3.63) is 0 Å². The number of hydrogen-bond acceptors (Lipinski definition) is 4. The minimum Gasteiger partial charge on any atom is -0.480 e. The molecule has 0 fully saturated rings. The summed E-state index contributed by atoms with van der Waals surface area (Å²) in [5.41, 5.74) is 0. The van der Waals surface area contributed by atoms with Gasteiger partial charge in [-0.05, 0) is 6.92 Å². The highest BCUT2D eigenvalue weighted by molar-refractivity contribution is 5.79. The van der Waals surface area contributed by atoms with Gasteiger partial charge >= 0.3 is 5.97 Å². The molecule has 1 atom stereocenters. The minimum absolute atomic E-state index is 0.0302. The monoisotopic (exact) mass is 161 g/mol. The maximum absolute atomic E-state index is 10.3. The molecule has 0 aromatic heterocycles. The van der Waals surface area contributed by atoms with Crippen LogP contribution in [0.25, 0.3) is 0 Å². The molecule has 0 saturated heterocycles. The van der Waals surface area contributed by atoms with Crippen LogP contribution in [-0.2, 0) is 9.59 Å². The van der Waals surface area contributed by atoms with E-state index in [1.807, 2.05) is 0 Å². The number of carboxylic acid groups (broad SMARTS) is 1. The predicted octanol–water partition coefficient (Wildman–Crippen LogP) is -1.39. The minimum atomic E-state index is -1.16. The van der Waals surface area contributed by atoms with Crippen molar-refractivity contribution >= 4 is 11.8 Å². The zero-order chi connectivity index (χ0) is 8.85. The van der Waals surface area contributed by atoms with Gasteiger partial charge in [0, 0.05) is 0 Å². The molecule has 0 saturated carbocycles. The van der Waals surface area contributed by atoms with Gasteiger partial charge in [-0.3, -0.25) is 14.9 Å². The van der Waals surface area contributed by atoms with Crippen molar-refractivity contribution in [1.29, 1.82) is 0 Å². The van der Waals surface area contributed by atoms with Crippen LogP contribution in [0.3, 0.4) is 0 Å². The number of aliphatic carboxylic acids is 1. The van der Waals surface area contributed by atoms with Gasteiger partial charge < -0.3 is 10.2 Å². The summed E-state index contributed by atoms with van der Waals surface area (Å²) in [5, 5.41) is 19.2. The summed E-state index contributed by atoms with van der Waals surface area (Å²) >= 11 is 0. The van der Waals surface area contributed by atoms with Crippen LogP contribution in [0.4, 0.5) is 0 Å². The molecule has 5 nitrogen and oxygen atoms in total. The Labute approximate surface area is 64.0 Å². The van der Waals surface area contributed by atoms with E-state index in [2.05, 4.69) is 5.32 Å². The van der Waals surface area contributed by atoms with E-state index in [4.69, 9.17) is 10.2 Å². The molecular weight excluding hydrogens is 150 g/mol. The highest BCUT2D eigenvalue weighted by Gasteiger charge is 2.14. The van der Waals surface area contributed by atoms with Crippen LogP contribution in [-0.4, -0.2) is 41.2 Å². The number of nitrogens with one attached hydrogen (secondary N) is 1. The number of rotatable bonds is 5. The Kier molecular flexibility index (Phi) is 4.40. The largest absolute Gasteiger partial charge is 0.480 e. The molecule has 5 heteroatoms. The smallest absolute Gasteiger partial charge is 0.323 e. The first-order valence-corrected chi connectivity index (χ1v) is 3.14. The Bertz CT molecular complexity index is 157. The van der Waals surface area contributed by atoms with Gasteiger partial charge in [-0.25, -0.2) is 0 Å². The molecule has 1 unspecified atom stereocenters. The van der Waals surface area contributed by atoms with Gasteiger partial charge in [0.05, 0.1) is 13.2 Å². The van der Waals surface area contributed by atoms with Crippen LogP contribution < -0.4 is 5.32 Å². The molecule has 0 radical (unpaired) electrons. The lowest BCUT2D eigenvalue weighted by Gasteiger charge is -2.08. The van der Waals surface area contributed by atoms with Crippen molar-refractivity contribution in [2.24, 2.45) is 0 Å². The summed E-state index contributed by atoms with van der Waals surface area (Å²) in [5.74, 6) is -1.32. The maximum atomic E-state index is 10.3. The molecule has 0 heterocycles. The molecule has 0 aliphatic rings. The average Bonchev–Trinajstić information content (AvgIpc) is 1.87. The van der Waals surface area contributed by atoms with Gasteiger partial charge in [-0.2, -0.15) is 0 Å². The van der Waals surface area contributed by atoms with Gasteiger partial charge in [0.15, 0.2) is 0 Å². The lowest BCUT2D eigenvalue weighted by atomic mass is 10.3. The van der Waals surface area contributed by atoms with Crippen molar-refractivity contribution < 1.29 is 19.8 Å². The summed E-state index contributed by atoms with van der Waals surface area (Å²) in [4.78, 5) is 20.6. The lowest BCUT2D eigenvalue weighted by molar-refractivity contribution is -0.140. The second-order valence-electron chi connectivity index (χ2n) is 2.16. The van der Waals surface area contributed by atoms with E-state index < -0.39 is 18.6 Å². The standard InChI is InChI=1S/C6H11NO4/c1-4(9)2-7-5(3-8)6(10)11/h5,7-8H,2-3H2,1H3,(H,10,11). The molecule has 64 valence electrons. The van der Waals surface area contributed by atoms with Crippen LogP contribution in [0.15, 0.2) is 0 Å². The fraction of sp³-hybridized carbons (Fsp3) is 0.667. The van der Waals surface area contributed by atoms with Crippen LogP contribution >= 0.6 is 0 Å². The third-order valence-electron chi connectivity index (χ3n) is 1.08. The quantitative estimate of drug-likeness (QED) is 0.462. The van der Waals surface area contributed by atoms with E-state index in [-0.39, 0.29) is 12.3 Å². The fourth-order valence-corrected chi connectivity index (χ4v) is 0.497. The number of carbonyl (C=O) groups excluding carboxylic acids is 1. The predicted molar refractivity (Wildman–Crippen MR) is 37.2 cm³/mol. The third-order valence-corrected chi connectivity index (χ3v) is 1.08. The van der Waals surface area contributed by atoms with Crippen molar-refractivity contribution in [1.82, 2.24) is 5.32 Å². The first kappa shape index (κ1) is 10.1. The van der Waals surface area contributed by atoms with Gasteiger partial charge in [-0.1, -0.05) is 0 Å². The first-order chi connectivity index (χ1) is 5.07. The number of aliphatic hydroxyl groups is 1. The number of hydrogen-bond donors (Lipinski definition) is 3. The number of ketones is 1. The van der Waals surface area contributed by atoms with E-state index >= 15 is 0 Å². The van der Waals surface area contributed by atoms with Crippen molar-refractivity contribution in [3.63, 3.8) is 0 Å². The lowest BCUT2D eigenvalue weighted by Crippen LogP contribution is -2.41. The molecule has 3 N–H and O–H groups in total. The highest BCUT2D eigenvalue weighted by Crippen LogP contribution is 1.80. The Morgan fingerprint density at radius 3 is 2.36 bits per heavy atom. The van der Waals surface area contributed by atoms with E-state index in [1.165, 1.54) is 6.92 Å². The van der Waals surface area contributed by atoms with Crippen LogP contribution in [0.1, 0.15) is 6.92 Å². The van der Waals surface area contributed by atoms with E-state index in [1.54, 1.807) is 0 Å². The molecule has 0 amide bonds. The highest BCUT2D eigenvalue weighted by atomic mass is 16.4. The van der Waals surface area contributed by atoms with Crippen molar-refractivity contribution in [2.75, 3.05) is 13.2 Å². The summed E-state index contributed by atoms with van der Waals surface area (Å²) in [7, 11) is 0. The number of carbonyl (C=O) groups is 2. The molecule has 0 spiro atoms. The summed E-state index contributed by atoms with van der Waals surface area (Å²) in [6.45, 7) is 0.795. The Morgan fingerprint density at radius 1 is 1.55 bits per heavy atom. The van der Waals surface area contributed by atoms with Crippen LogP contribution in [0.5, 0.6) is 0 Å². The molecular formula is C6H11NO4. The Balaban J connectivity index is 3.70. The van der Waals surface area contributed by atoms with Gasteiger partial charge in [0.1, 0.15) is 11.8 Å². The van der Waals surface area contributed by atoms with E-state index in [0.29, 0.717) is 0 Å². The van der Waals surface area contributed by atoms with Crippen LogP contribution in [0, 0.1) is 0 Å². The molecule has 0 aliphatic carbocycles. The van der Waals surface area contributed by atoms with Crippen molar-refractivity contribution in [2.45, 2.75) is 13.0 Å². The SMILES string of the molecule is CC(=O)CNC(CO)C(=O)O. The second kappa shape index (κ2) is 4.81. The van der Waals surface area contributed by atoms with Gasteiger partial charge in [-0.15, -0.1) is 0 Å². The Hall–Kier alpha value is -0.940. The third kappa shape index (κ3) is 4.46. The second-order valence-corrected chi connectivity index (χ2v) is 2.16. The molecule has 0 rings (SSSR count). The number of aliphatic hydroxyl groups excluding tert-OH is 1. The summed E-state index contributed by atoms with van der Waals surface area (Å²) in [6, 6.07) is -1.04. The topological polar surface area (TPSA) is 86.6 Å². The zero-order valence-corrected chi connectivity index (χ0v) is 6.20. The molecule has 0 aliphatic heterocycles. The number of Topliss-reactive ketones (excluding diaryl/α,β-unsaturated/α-hetero) is 1. The maximum Gasteiger partial charge on any atom is 0.323 e. The first-order valence-electron chi connectivity index (χ1n) is 3.14. The fourth-order valence-electron chi connectivity index (χ4n) is 0.497. The van der Waals surface area contributed by atoms with Gasteiger partial charge in [0.2, 0.25) is 0 Å². The summed E-state index contributed by atoms with van der Waals surface area (Å²) in [6.07, 6.45) is 0. The molecule has 0 aromatic carbocycles.